The van der Waals surface area contributed by atoms with Crippen molar-refractivity contribution in [1.82, 2.24) is 14.8 Å². The number of likely N-dealkylation sites (N-methyl/N-ethyl adjacent to an activating group) is 1. The van der Waals surface area contributed by atoms with E-state index in [1.807, 2.05) is 0 Å². The molecule has 0 fully saturated rings. The standard InChI is InChI=1S/C18H25N3O3/c1-4-14(22)15-16(13-7-9-19-10-8-13)21(18(24)17(15)23)12-11-20(5-2)6-3/h7-10,16,23H,4-6,11-12H2,1-3H3. The number of aliphatic hydroxyl groups is 1. The Bertz CT molecular complexity index is 624. The topological polar surface area (TPSA) is 73.7 Å². The maximum Gasteiger partial charge on any atom is 0.290 e. The lowest BCUT2D eigenvalue weighted by Crippen LogP contribution is -2.38. The van der Waals surface area contributed by atoms with E-state index in [-0.39, 0.29) is 17.8 Å². The lowest BCUT2D eigenvalue weighted by molar-refractivity contribution is -0.129. The second-order valence-electron chi connectivity index (χ2n) is 5.75. The Morgan fingerprint density at radius 3 is 2.42 bits per heavy atom. The Labute approximate surface area is 142 Å². The van der Waals surface area contributed by atoms with Gasteiger partial charge in [0.2, 0.25) is 0 Å². The maximum atomic E-state index is 12.5. The van der Waals surface area contributed by atoms with Crippen molar-refractivity contribution >= 4 is 11.7 Å². The second kappa shape index (κ2) is 8.06. The van der Waals surface area contributed by atoms with Crippen LogP contribution >= 0.6 is 0 Å². The van der Waals surface area contributed by atoms with Crippen LogP contribution in [-0.2, 0) is 9.59 Å². The number of ketones is 1. The third-order valence-corrected chi connectivity index (χ3v) is 4.50. The van der Waals surface area contributed by atoms with Crippen molar-refractivity contribution in [3.8, 4) is 0 Å². The summed E-state index contributed by atoms with van der Waals surface area (Å²) >= 11 is 0. The van der Waals surface area contributed by atoms with E-state index >= 15 is 0 Å². The Morgan fingerprint density at radius 1 is 1.25 bits per heavy atom. The van der Waals surface area contributed by atoms with E-state index in [1.54, 1.807) is 36.4 Å². The first-order chi connectivity index (χ1) is 11.5. The quantitative estimate of drug-likeness (QED) is 0.790. The molecule has 0 bridgehead atoms. The molecule has 0 aliphatic carbocycles. The van der Waals surface area contributed by atoms with Crippen molar-refractivity contribution in [2.75, 3.05) is 26.2 Å². The van der Waals surface area contributed by atoms with Crippen LogP contribution in [0.1, 0.15) is 38.8 Å². The summed E-state index contributed by atoms with van der Waals surface area (Å²) in [6.07, 6.45) is 3.51. The van der Waals surface area contributed by atoms with Gasteiger partial charge in [0.1, 0.15) is 0 Å². The average Bonchev–Trinajstić information content (AvgIpc) is 2.87. The molecule has 1 aliphatic heterocycles. The molecule has 1 N–H and O–H groups in total. The van der Waals surface area contributed by atoms with E-state index < -0.39 is 17.7 Å². The molecule has 24 heavy (non-hydrogen) atoms. The molecule has 2 heterocycles. The van der Waals surface area contributed by atoms with Crippen molar-refractivity contribution in [3.63, 3.8) is 0 Å². The zero-order chi connectivity index (χ0) is 17.7. The first kappa shape index (κ1) is 18.1. The summed E-state index contributed by atoms with van der Waals surface area (Å²) in [5.74, 6) is -1.09. The van der Waals surface area contributed by atoms with Gasteiger partial charge in [-0.05, 0) is 30.8 Å². The van der Waals surface area contributed by atoms with Crippen molar-refractivity contribution in [1.29, 1.82) is 0 Å². The predicted octanol–water partition coefficient (Wildman–Crippen LogP) is 2.10. The van der Waals surface area contributed by atoms with Crippen LogP contribution in [0.15, 0.2) is 35.9 Å². The van der Waals surface area contributed by atoms with Crippen LogP contribution in [0.25, 0.3) is 0 Å². The minimum absolute atomic E-state index is 0.201. The van der Waals surface area contributed by atoms with Gasteiger partial charge in [-0.2, -0.15) is 0 Å². The molecule has 1 amide bonds. The van der Waals surface area contributed by atoms with Gasteiger partial charge in [-0.3, -0.25) is 14.6 Å². The molecule has 130 valence electrons. The molecule has 0 saturated carbocycles. The largest absolute Gasteiger partial charge is 0.503 e. The molecular weight excluding hydrogens is 306 g/mol. The number of aliphatic hydroxyl groups excluding tert-OH is 1. The number of carbonyl (C=O) groups excluding carboxylic acids is 2. The number of Topliss-reactive ketones (excluding diaryl/α,β-unsaturated/α-hetero) is 1. The molecule has 6 nitrogen and oxygen atoms in total. The molecule has 1 aliphatic rings. The molecule has 6 heteroatoms. The normalized spacial score (nSPS) is 17.9. The molecule has 2 rings (SSSR count). The molecule has 1 unspecified atom stereocenters. The van der Waals surface area contributed by atoms with E-state index in [0.717, 1.165) is 18.7 Å². The summed E-state index contributed by atoms with van der Waals surface area (Å²) in [5.41, 5.74) is 0.993. The highest BCUT2D eigenvalue weighted by atomic mass is 16.3. The number of rotatable bonds is 8. The maximum absolute atomic E-state index is 12.5. The third-order valence-electron chi connectivity index (χ3n) is 4.50. The van der Waals surface area contributed by atoms with Gasteiger partial charge in [-0.25, -0.2) is 0 Å². The van der Waals surface area contributed by atoms with Crippen molar-refractivity contribution in [2.24, 2.45) is 0 Å². The number of amides is 1. The Morgan fingerprint density at radius 2 is 1.88 bits per heavy atom. The smallest absolute Gasteiger partial charge is 0.290 e. The van der Waals surface area contributed by atoms with Gasteiger partial charge in [0.15, 0.2) is 11.5 Å². The van der Waals surface area contributed by atoms with Gasteiger partial charge in [0.05, 0.1) is 11.6 Å². The minimum atomic E-state index is -0.538. The lowest BCUT2D eigenvalue weighted by atomic mass is 9.96. The van der Waals surface area contributed by atoms with Crippen LogP contribution in [0.2, 0.25) is 0 Å². The van der Waals surface area contributed by atoms with E-state index in [1.165, 1.54) is 0 Å². The summed E-state index contributed by atoms with van der Waals surface area (Å²) in [6.45, 7) is 8.79. The van der Waals surface area contributed by atoms with E-state index in [9.17, 15) is 14.7 Å². The molecule has 1 aromatic heterocycles. The van der Waals surface area contributed by atoms with Crippen LogP contribution in [0.3, 0.4) is 0 Å². The van der Waals surface area contributed by atoms with Crippen molar-refractivity contribution in [3.05, 3.63) is 41.4 Å². The summed E-state index contributed by atoms with van der Waals surface area (Å²) in [7, 11) is 0. The molecule has 1 atom stereocenters. The fourth-order valence-corrected chi connectivity index (χ4v) is 3.04. The SMILES string of the molecule is CCC(=O)C1=C(O)C(=O)N(CCN(CC)CC)C1c1ccncc1. The number of aromatic nitrogens is 1. The molecule has 0 radical (unpaired) electrons. The number of carbonyl (C=O) groups is 2. The Kier molecular flexibility index (Phi) is 6.09. The Hall–Kier alpha value is -2.21. The van der Waals surface area contributed by atoms with Crippen LogP contribution in [0, 0.1) is 0 Å². The van der Waals surface area contributed by atoms with E-state index in [2.05, 4.69) is 23.7 Å². The predicted molar refractivity (Wildman–Crippen MR) is 91.4 cm³/mol. The second-order valence-corrected chi connectivity index (χ2v) is 5.75. The lowest BCUT2D eigenvalue weighted by Gasteiger charge is -2.29. The monoisotopic (exact) mass is 331 g/mol. The number of hydrogen-bond acceptors (Lipinski definition) is 5. The molecule has 0 spiro atoms. The fourth-order valence-electron chi connectivity index (χ4n) is 3.04. The third kappa shape index (κ3) is 3.48. The molecule has 1 aromatic rings. The van der Waals surface area contributed by atoms with Gasteiger partial charge in [-0.1, -0.05) is 20.8 Å². The highest BCUT2D eigenvalue weighted by Gasteiger charge is 2.42. The highest BCUT2D eigenvalue weighted by molar-refractivity contribution is 6.08. The zero-order valence-electron chi connectivity index (χ0n) is 14.5. The zero-order valence-corrected chi connectivity index (χ0v) is 14.5. The van der Waals surface area contributed by atoms with Gasteiger partial charge < -0.3 is 14.9 Å². The summed E-state index contributed by atoms with van der Waals surface area (Å²) < 4.78 is 0. The molecule has 0 aromatic carbocycles. The van der Waals surface area contributed by atoms with Crippen molar-refractivity contribution in [2.45, 2.75) is 33.2 Å². The van der Waals surface area contributed by atoms with Gasteiger partial charge in [0, 0.05) is 31.9 Å². The Balaban J connectivity index is 2.35. The average molecular weight is 331 g/mol. The van der Waals surface area contributed by atoms with Crippen LogP contribution in [-0.4, -0.2) is 57.8 Å². The van der Waals surface area contributed by atoms with Crippen molar-refractivity contribution < 1.29 is 14.7 Å². The van der Waals surface area contributed by atoms with E-state index in [4.69, 9.17) is 0 Å². The first-order valence-corrected chi connectivity index (χ1v) is 8.44. The molecular formula is C18H25N3O3. The van der Waals surface area contributed by atoms with Gasteiger partial charge >= 0.3 is 0 Å². The van der Waals surface area contributed by atoms with Crippen LogP contribution < -0.4 is 0 Å². The van der Waals surface area contributed by atoms with Gasteiger partial charge in [-0.15, -0.1) is 0 Å². The summed E-state index contributed by atoms with van der Waals surface area (Å²) in [5, 5.41) is 10.3. The first-order valence-electron chi connectivity index (χ1n) is 8.44. The number of pyridine rings is 1. The van der Waals surface area contributed by atoms with Crippen LogP contribution in [0.5, 0.6) is 0 Å². The number of nitrogens with zero attached hydrogens (tertiary/aromatic N) is 3. The fraction of sp³-hybridized carbons (Fsp3) is 0.500. The molecule has 0 saturated heterocycles. The number of hydrogen-bond donors (Lipinski definition) is 1. The summed E-state index contributed by atoms with van der Waals surface area (Å²) in [4.78, 5) is 32.7. The van der Waals surface area contributed by atoms with Crippen LogP contribution in [0.4, 0.5) is 0 Å². The minimum Gasteiger partial charge on any atom is -0.503 e. The van der Waals surface area contributed by atoms with E-state index in [0.29, 0.717) is 13.1 Å². The highest BCUT2D eigenvalue weighted by Crippen LogP contribution is 2.37. The summed E-state index contributed by atoms with van der Waals surface area (Å²) in [6, 6.07) is 3.02. The van der Waals surface area contributed by atoms with Gasteiger partial charge in [0.25, 0.3) is 5.91 Å².